The van der Waals surface area contributed by atoms with E-state index in [1.54, 1.807) is 6.20 Å². The Labute approximate surface area is 140 Å². The second-order valence-corrected chi connectivity index (χ2v) is 5.54. The number of aromatic nitrogens is 4. The minimum Gasteiger partial charge on any atom is -0.240 e. The molecule has 2 aromatic carbocycles. The Balaban J connectivity index is 1.76. The first-order valence-electron chi connectivity index (χ1n) is 7.82. The zero-order chi connectivity index (χ0) is 16.4. The second kappa shape index (κ2) is 6.08. The minimum absolute atomic E-state index is 0.722. The van der Waals surface area contributed by atoms with Crippen LogP contribution in [0.25, 0.3) is 28.3 Å². The van der Waals surface area contributed by atoms with Crippen molar-refractivity contribution in [3.8, 4) is 28.3 Å². The zero-order valence-electron chi connectivity index (χ0n) is 13.3. The molecular formula is C20H16N4. The maximum atomic E-state index is 4.72. The lowest BCUT2D eigenvalue weighted by Gasteiger charge is -2.03. The molecule has 116 valence electrons. The highest BCUT2D eigenvalue weighted by Gasteiger charge is 2.11. The summed E-state index contributed by atoms with van der Waals surface area (Å²) in [6, 6.07) is 22.0. The van der Waals surface area contributed by atoms with Gasteiger partial charge in [0.1, 0.15) is 0 Å². The van der Waals surface area contributed by atoms with Crippen LogP contribution in [-0.2, 0) is 0 Å². The molecule has 0 fully saturated rings. The molecule has 0 atom stereocenters. The summed E-state index contributed by atoms with van der Waals surface area (Å²) in [5, 5.41) is 4.62. The maximum absolute atomic E-state index is 4.72. The lowest BCUT2D eigenvalue weighted by Crippen LogP contribution is -1.93. The Morgan fingerprint density at radius 3 is 2.29 bits per heavy atom. The molecule has 0 amide bonds. The summed E-state index contributed by atoms with van der Waals surface area (Å²) in [7, 11) is 0. The third-order valence-electron chi connectivity index (χ3n) is 3.88. The molecule has 0 N–H and O–H groups in total. The van der Waals surface area contributed by atoms with Crippen LogP contribution < -0.4 is 0 Å². The topological polar surface area (TPSA) is 43.6 Å². The predicted molar refractivity (Wildman–Crippen MR) is 94.8 cm³/mol. The fourth-order valence-electron chi connectivity index (χ4n) is 2.66. The molecule has 0 aliphatic carbocycles. The van der Waals surface area contributed by atoms with Crippen molar-refractivity contribution in [3.05, 3.63) is 84.8 Å². The van der Waals surface area contributed by atoms with Gasteiger partial charge in [-0.25, -0.2) is 14.6 Å². The van der Waals surface area contributed by atoms with Crippen molar-refractivity contribution in [2.24, 2.45) is 0 Å². The standard InChI is InChI=1S/C20H16N4/c1-15-18(14-24(23-15)17-10-6-3-7-11-17)19-12-13-21-20(22-19)16-8-4-2-5-9-16/h2-14H,1H3. The molecule has 4 aromatic rings. The summed E-state index contributed by atoms with van der Waals surface area (Å²) in [5.41, 5.74) is 4.87. The molecule has 0 saturated heterocycles. The first-order chi connectivity index (χ1) is 11.8. The summed E-state index contributed by atoms with van der Waals surface area (Å²) < 4.78 is 1.88. The van der Waals surface area contributed by atoms with Gasteiger partial charge in [-0.05, 0) is 25.1 Å². The molecule has 24 heavy (non-hydrogen) atoms. The third-order valence-corrected chi connectivity index (χ3v) is 3.88. The highest BCUT2D eigenvalue weighted by Crippen LogP contribution is 2.24. The summed E-state index contributed by atoms with van der Waals surface area (Å²) in [5.74, 6) is 0.722. The van der Waals surface area contributed by atoms with E-state index in [-0.39, 0.29) is 0 Å². The summed E-state index contributed by atoms with van der Waals surface area (Å²) in [6.45, 7) is 2.00. The lowest BCUT2D eigenvalue weighted by molar-refractivity contribution is 0.863. The van der Waals surface area contributed by atoms with Crippen molar-refractivity contribution in [3.63, 3.8) is 0 Å². The number of hydrogen-bond acceptors (Lipinski definition) is 3. The molecule has 4 nitrogen and oxygen atoms in total. The number of nitrogens with zero attached hydrogens (tertiary/aromatic N) is 4. The van der Waals surface area contributed by atoms with E-state index in [4.69, 9.17) is 4.98 Å². The first kappa shape index (κ1) is 14.3. The number of benzene rings is 2. The maximum Gasteiger partial charge on any atom is 0.159 e. The summed E-state index contributed by atoms with van der Waals surface area (Å²) >= 11 is 0. The van der Waals surface area contributed by atoms with Crippen molar-refractivity contribution in [1.29, 1.82) is 0 Å². The number of rotatable bonds is 3. The van der Waals surface area contributed by atoms with Gasteiger partial charge in [0, 0.05) is 23.5 Å². The first-order valence-corrected chi connectivity index (χ1v) is 7.82. The Kier molecular flexibility index (Phi) is 3.63. The lowest BCUT2D eigenvalue weighted by atomic mass is 10.1. The molecule has 0 saturated carbocycles. The molecule has 0 spiro atoms. The molecular weight excluding hydrogens is 296 g/mol. The van der Waals surface area contributed by atoms with Gasteiger partial charge in [0.15, 0.2) is 5.82 Å². The van der Waals surface area contributed by atoms with E-state index in [1.165, 1.54) is 0 Å². The van der Waals surface area contributed by atoms with E-state index < -0.39 is 0 Å². The van der Waals surface area contributed by atoms with Gasteiger partial charge in [0.2, 0.25) is 0 Å². The van der Waals surface area contributed by atoms with Crippen LogP contribution in [0.3, 0.4) is 0 Å². The molecule has 0 bridgehead atoms. The molecule has 4 rings (SSSR count). The van der Waals surface area contributed by atoms with Crippen LogP contribution in [0.5, 0.6) is 0 Å². The highest BCUT2D eigenvalue weighted by molar-refractivity contribution is 5.65. The molecule has 0 aliphatic rings. The molecule has 4 heteroatoms. The van der Waals surface area contributed by atoms with E-state index in [2.05, 4.69) is 10.1 Å². The van der Waals surface area contributed by atoms with Crippen molar-refractivity contribution >= 4 is 0 Å². The molecule has 0 aliphatic heterocycles. The number of hydrogen-bond donors (Lipinski definition) is 0. The highest BCUT2D eigenvalue weighted by atomic mass is 15.3. The SMILES string of the molecule is Cc1nn(-c2ccccc2)cc1-c1ccnc(-c2ccccc2)n1. The third kappa shape index (κ3) is 2.70. The van der Waals surface area contributed by atoms with Crippen molar-refractivity contribution in [2.45, 2.75) is 6.92 Å². The van der Waals surface area contributed by atoms with Gasteiger partial charge in [0.05, 0.1) is 17.1 Å². The van der Waals surface area contributed by atoms with E-state index in [0.29, 0.717) is 0 Å². The molecule has 0 unspecified atom stereocenters. The average molecular weight is 312 g/mol. The smallest absolute Gasteiger partial charge is 0.159 e. The van der Waals surface area contributed by atoms with Crippen LogP contribution in [-0.4, -0.2) is 19.7 Å². The van der Waals surface area contributed by atoms with Gasteiger partial charge in [-0.1, -0.05) is 48.5 Å². The van der Waals surface area contributed by atoms with Gasteiger partial charge in [0.25, 0.3) is 0 Å². The molecule has 2 aromatic heterocycles. The normalized spacial score (nSPS) is 10.7. The molecule has 0 radical (unpaired) electrons. The van der Waals surface area contributed by atoms with E-state index in [1.807, 2.05) is 84.5 Å². The minimum atomic E-state index is 0.722. The van der Waals surface area contributed by atoms with Gasteiger partial charge in [-0.15, -0.1) is 0 Å². The predicted octanol–water partition coefficient (Wildman–Crippen LogP) is 4.30. The average Bonchev–Trinajstić information content (AvgIpc) is 3.05. The van der Waals surface area contributed by atoms with Crippen molar-refractivity contribution < 1.29 is 0 Å². The Bertz CT molecular complexity index is 959. The molecule has 2 heterocycles. The largest absolute Gasteiger partial charge is 0.240 e. The van der Waals surface area contributed by atoms with Gasteiger partial charge >= 0.3 is 0 Å². The van der Waals surface area contributed by atoms with Crippen LogP contribution in [0.4, 0.5) is 0 Å². The number of aryl methyl sites for hydroxylation is 1. The Hall–Kier alpha value is -3.27. The summed E-state index contributed by atoms with van der Waals surface area (Å²) in [4.78, 5) is 9.11. The Morgan fingerprint density at radius 1 is 0.833 bits per heavy atom. The zero-order valence-corrected chi connectivity index (χ0v) is 13.3. The van der Waals surface area contributed by atoms with Crippen LogP contribution in [0.15, 0.2) is 79.1 Å². The fraction of sp³-hybridized carbons (Fsp3) is 0.0500. The number of para-hydroxylation sites is 1. The summed E-state index contributed by atoms with van der Waals surface area (Å²) in [6.07, 6.45) is 3.81. The quantitative estimate of drug-likeness (QED) is 0.566. The van der Waals surface area contributed by atoms with Gasteiger partial charge in [-0.3, -0.25) is 0 Å². The van der Waals surface area contributed by atoms with E-state index >= 15 is 0 Å². The second-order valence-electron chi connectivity index (χ2n) is 5.54. The van der Waals surface area contributed by atoms with E-state index in [9.17, 15) is 0 Å². The van der Waals surface area contributed by atoms with Crippen LogP contribution in [0.1, 0.15) is 5.69 Å². The van der Waals surface area contributed by atoms with Crippen LogP contribution in [0, 0.1) is 6.92 Å². The van der Waals surface area contributed by atoms with Crippen molar-refractivity contribution in [2.75, 3.05) is 0 Å². The Morgan fingerprint density at radius 2 is 1.54 bits per heavy atom. The van der Waals surface area contributed by atoms with Crippen LogP contribution in [0.2, 0.25) is 0 Å². The van der Waals surface area contributed by atoms with Crippen LogP contribution >= 0.6 is 0 Å². The van der Waals surface area contributed by atoms with Crippen molar-refractivity contribution in [1.82, 2.24) is 19.7 Å². The van der Waals surface area contributed by atoms with Gasteiger partial charge < -0.3 is 0 Å². The fourth-order valence-corrected chi connectivity index (χ4v) is 2.66. The van der Waals surface area contributed by atoms with Gasteiger partial charge in [-0.2, -0.15) is 5.10 Å². The van der Waals surface area contributed by atoms with E-state index in [0.717, 1.165) is 34.0 Å². The monoisotopic (exact) mass is 312 g/mol.